The van der Waals surface area contributed by atoms with E-state index in [-0.39, 0.29) is 35.1 Å². The third-order valence-electron chi connectivity index (χ3n) is 5.86. The molecule has 2 aromatic carbocycles. The number of ether oxygens (including phenoxy) is 1. The zero-order chi connectivity index (χ0) is 23.4. The molecule has 1 aliphatic heterocycles. The number of alkyl halides is 2. The fourth-order valence-corrected chi connectivity index (χ4v) is 4.23. The summed E-state index contributed by atoms with van der Waals surface area (Å²) in [5, 5.41) is 4.15. The van der Waals surface area contributed by atoms with Crippen LogP contribution in [0.25, 0.3) is 21.7 Å². The normalized spacial score (nSPS) is 15.9. The minimum atomic E-state index is -2.82. The summed E-state index contributed by atoms with van der Waals surface area (Å²) in [6.07, 6.45) is 1.24. The Balaban J connectivity index is 1.58. The van der Waals surface area contributed by atoms with E-state index in [1.165, 1.54) is 36.3 Å². The van der Waals surface area contributed by atoms with E-state index in [1.54, 1.807) is 0 Å². The van der Waals surface area contributed by atoms with Crippen LogP contribution < -0.4 is 5.56 Å². The van der Waals surface area contributed by atoms with E-state index in [9.17, 15) is 27.2 Å². The number of hydrogen-bond donors (Lipinski definition) is 1. The number of aromatic amines is 1. The summed E-state index contributed by atoms with van der Waals surface area (Å²) in [5.74, 6) is -2.72. The molecule has 1 unspecified atom stereocenters. The van der Waals surface area contributed by atoms with Gasteiger partial charge in [-0.25, -0.2) is 13.5 Å². The van der Waals surface area contributed by atoms with E-state index >= 15 is 0 Å². The minimum Gasteiger partial charge on any atom is -0.373 e. The molecule has 7 nitrogen and oxygen atoms in total. The third kappa shape index (κ3) is 3.35. The van der Waals surface area contributed by atoms with Crippen molar-refractivity contribution in [3.63, 3.8) is 0 Å². The van der Waals surface area contributed by atoms with Gasteiger partial charge >= 0.3 is 6.55 Å². The molecule has 0 radical (unpaired) electrons. The molecule has 0 saturated carbocycles. The maximum Gasteiger partial charge on any atom is 0.333 e. The lowest BCUT2D eigenvalue weighted by molar-refractivity contribution is 0.0336. The SMILES string of the molecule is CN(C(=O)c1ccc2c(cnn2C(F)F)c1)C1COCc2[nH]c(=O)c3cc(F)c(F)cc3c21. The fraction of sp³-hybridized carbons (Fsp3) is 0.227. The van der Waals surface area contributed by atoms with Crippen LogP contribution in [-0.2, 0) is 11.3 Å². The molecule has 1 atom stereocenters. The zero-order valence-electron chi connectivity index (χ0n) is 17.1. The molecule has 0 spiro atoms. The van der Waals surface area contributed by atoms with E-state index in [2.05, 4.69) is 10.1 Å². The highest BCUT2D eigenvalue weighted by Gasteiger charge is 2.31. The number of likely N-dealkylation sites (N-methyl/N-ethyl adjacent to an activating group) is 1. The standard InChI is InChI=1S/C22H16F4N4O3/c1-29(21(32)10-2-3-17-11(4-10)7-27-30(17)22(25)26)18-9-33-8-16-19(18)12-5-14(23)15(24)6-13(12)20(31)28-16/h2-7,18,22H,8-9H2,1H3,(H,28,31). The second-order valence-corrected chi connectivity index (χ2v) is 7.75. The van der Waals surface area contributed by atoms with Crippen LogP contribution in [0.15, 0.2) is 41.3 Å². The van der Waals surface area contributed by atoms with Gasteiger partial charge in [-0.1, -0.05) is 0 Å². The lowest BCUT2D eigenvalue weighted by atomic mass is 9.95. The number of carbonyl (C=O) groups excluding carboxylic acids is 1. The van der Waals surface area contributed by atoms with Crippen LogP contribution in [0, 0.1) is 11.6 Å². The molecule has 0 aliphatic carbocycles. The van der Waals surface area contributed by atoms with Gasteiger partial charge in [-0.15, -0.1) is 0 Å². The van der Waals surface area contributed by atoms with Gasteiger partial charge in [0.05, 0.1) is 36.4 Å². The molecule has 1 amide bonds. The number of nitrogens with one attached hydrogen (secondary N) is 1. The van der Waals surface area contributed by atoms with Crippen molar-refractivity contribution >= 4 is 27.6 Å². The lowest BCUT2D eigenvalue weighted by Crippen LogP contribution is -2.37. The Kier molecular flexibility index (Phi) is 4.93. The highest BCUT2D eigenvalue weighted by atomic mass is 19.3. The van der Waals surface area contributed by atoms with Gasteiger partial charge in [-0.3, -0.25) is 9.59 Å². The first-order chi connectivity index (χ1) is 15.8. The van der Waals surface area contributed by atoms with Gasteiger partial charge in [0.2, 0.25) is 0 Å². The van der Waals surface area contributed by atoms with Crippen molar-refractivity contribution in [2.75, 3.05) is 13.7 Å². The summed E-state index contributed by atoms with van der Waals surface area (Å²) < 4.78 is 60.0. The Labute approximate surface area is 183 Å². The van der Waals surface area contributed by atoms with Crippen molar-refractivity contribution in [1.29, 1.82) is 0 Å². The number of pyridine rings is 1. The van der Waals surface area contributed by atoms with Gasteiger partial charge in [0.25, 0.3) is 11.5 Å². The van der Waals surface area contributed by atoms with Crippen LogP contribution in [0.2, 0.25) is 0 Å². The number of nitrogens with zero attached hydrogens (tertiary/aromatic N) is 3. The topological polar surface area (TPSA) is 80.2 Å². The fourth-order valence-electron chi connectivity index (χ4n) is 4.23. The van der Waals surface area contributed by atoms with Crippen LogP contribution in [0.1, 0.15) is 34.2 Å². The van der Waals surface area contributed by atoms with E-state index < -0.39 is 35.7 Å². The largest absolute Gasteiger partial charge is 0.373 e. The van der Waals surface area contributed by atoms with Crippen LogP contribution in [0.4, 0.5) is 17.6 Å². The molecule has 1 aliphatic rings. The number of amides is 1. The van der Waals surface area contributed by atoms with Crippen molar-refractivity contribution in [1.82, 2.24) is 19.7 Å². The Bertz CT molecular complexity index is 1480. The summed E-state index contributed by atoms with van der Waals surface area (Å²) in [6.45, 7) is -2.72. The van der Waals surface area contributed by atoms with Gasteiger partial charge in [0.15, 0.2) is 11.6 Å². The summed E-state index contributed by atoms with van der Waals surface area (Å²) in [6, 6.07) is 5.29. The first-order valence-electron chi connectivity index (χ1n) is 9.90. The van der Waals surface area contributed by atoms with Crippen LogP contribution in [0.3, 0.4) is 0 Å². The van der Waals surface area contributed by atoms with E-state index in [1.807, 2.05) is 0 Å². The molecule has 0 fully saturated rings. The van der Waals surface area contributed by atoms with Crippen molar-refractivity contribution in [2.45, 2.75) is 19.2 Å². The number of halogens is 4. The molecule has 3 heterocycles. The first-order valence-corrected chi connectivity index (χ1v) is 9.90. The zero-order valence-corrected chi connectivity index (χ0v) is 17.1. The summed E-state index contributed by atoms with van der Waals surface area (Å²) >= 11 is 0. The highest BCUT2D eigenvalue weighted by Crippen LogP contribution is 2.34. The third-order valence-corrected chi connectivity index (χ3v) is 5.86. The average molecular weight is 460 g/mol. The monoisotopic (exact) mass is 460 g/mol. The number of H-pyrrole nitrogens is 1. The molecule has 0 saturated heterocycles. The molecule has 1 N–H and O–H groups in total. The summed E-state index contributed by atoms with van der Waals surface area (Å²) in [5.41, 5.74) is 0.621. The molecule has 0 bridgehead atoms. The average Bonchev–Trinajstić information content (AvgIpc) is 3.22. The second-order valence-electron chi connectivity index (χ2n) is 7.75. The summed E-state index contributed by atoms with van der Waals surface area (Å²) in [4.78, 5) is 29.6. The van der Waals surface area contributed by atoms with Gasteiger partial charge < -0.3 is 14.6 Å². The Morgan fingerprint density at radius 3 is 2.67 bits per heavy atom. The molecule has 2 aromatic heterocycles. The van der Waals surface area contributed by atoms with Gasteiger partial charge in [-0.05, 0) is 35.7 Å². The molecular formula is C22H16F4N4O3. The number of carbonyl (C=O) groups is 1. The molecule has 11 heteroatoms. The first kappa shape index (κ1) is 21.1. The maximum atomic E-state index is 14.0. The van der Waals surface area contributed by atoms with Crippen molar-refractivity contribution in [3.8, 4) is 0 Å². The number of aromatic nitrogens is 3. The van der Waals surface area contributed by atoms with Gasteiger partial charge in [0, 0.05) is 29.3 Å². The van der Waals surface area contributed by atoms with Crippen LogP contribution in [-0.4, -0.2) is 39.2 Å². The van der Waals surface area contributed by atoms with Crippen molar-refractivity contribution in [2.24, 2.45) is 0 Å². The van der Waals surface area contributed by atoms with Crippen molar-refractivity contribution < 1.29 is 27.1 Å². The number of benzene rings is 2. The highest BCUT2D eigenvalue weighted by molar-refractivity contribution is 5.98. The Hall–Kier alpha value is -3.73. The van der Waals surface area contributed by atoms with E-state index in [0.29, 0.717) is 21.3 Å². The van der Waals surface area contributed by atoms with E-state index in [4.69, 9.17) is 4.74 Å². The molecule has 33 heavy (non-hydrogen) atoms. The Morgan fingerprint density at radius 2 is 1.94 bits per heavy atom. The molecule has 170 valence electrons. The molecular weight excluding hydrogens is 444 g/mol. The van der Waals surface area contributed by atoms with Gasteiger partial charge in [0.1, 0.15) is 0 Å². The summed E-state index contributed by atoms with van der Waals surface area (Å²) in [7, 11) is 1.51. The van der Waals surface area contributed by atoms with Crippen molar-refractivity contribution in [3.05, 3.63) is 75.3 Å². The van der Waals surface area contributed by atoms with E-state index in [0.717, 1.165) is 12.1 Å². The second kappa shape index (κ2) is 7.69. The number of rotatable bonds is 3. The maximum absolute atomic E-state index is 14.0. The molecule has 5 rings (SSSR count). The smallest absolute Gasteiger partial charge is 0.333 e. The lowest BCUT2D eigenvalue weighted by Gasteiger charge is -2.34. The quantitative estimate of drug-likeness (QED) is 0.471. The molecule has 4 aromatic rings. The predicted octanol–water partition coefficient (Wildman–Crippen LogP) is 3.89. The van der Waals surface area contributed by atoms with Gasteiger partial charge in [-0.2, -0.15) is 13.9 Å². The number of hydrogen-bond acceptors (Lipinski definition) is 4. The Morgan fingerprint density at radius 1 is 1.21 bits per heavy atom. The van der Waals surface area contributed by atoms with Crippen LogP contribution >= 0.6 is 0 Å². The predicted molar refractivity (Wildman–Crippen MR) is 110 cm³/mol. The minimum absolute atomic E-state index is 0.0385. The van der Waals surface area contributed by atoms with Crippen LogP contribution in [0.5, 0.6) is 0 Å². The number of fused-ring (bicyclic) bond motifs is 4.